The van der Waals surface area contributed by atoms with Crippen molar-refractivity contribution in [2.24, 2.45) is 0 Å². The highest BCUT2D eigenvalue weighted by atomic mass is 15.2. The van der Waals surface area contributed by atoms with Gasteiger partial charge in [-0.2, -0.15) is 0 Å². The van der Waals surface area contributed by atoms with Crippen LogP contribution in [0.3, 0.4) is 0 Å². The van der Waals surface area contributed by atoms with Gasteiger partial charge in [-0.3, -0.25) is 9.88 Å². The third-order valence-corrected chi connectivity index (χ3v) is 4.31. The zero-order valence-electron chi connectivity index (χ0n) is 11.3. The van der Waals surface area contributed by atoms with E-state index in [9.17, 15) is 0 Å². The summed E-state index contributed by atoms with van der Waals surface area (Å²) in [6.07, 6.45) is 7.48. The highest BCUT2D eigenvalue weighted by Crippen LogP contribution is 2.24. The van der Waals surface area contributed by atoms with Crippen LogP contribution in [-0.4, -0.2) is 42.1 Å². The molecule has 0 N–H and O–H groups in total. The molecule has 3 heterocycles. The number of anilines is 1. The van der Waals surface area contributed by atoms with Crippen molar-refractivity contribution in [2.75, 3.05) is 31.1 Å². The maximum Gasteiger partial charge on any atom is 0.0553 e. The van der Waals surface area contributed by atoms with Gasteiger partial charge in [-0.1, -0.05) is 6.42 Å². The summed E-state index contributed by atoms with van der Waals surface area (Å²) >= 11 is 0. The predicted molar refractivity (Wildman–Crippen MR) is 75.0 cm³/mol. The fraction of sp³-hybridized carbons (Fsp3) is 0.667. The fourth-order valence-corrected chi connectivity index (χ4v) is 3.25. The molecular weight excluding hydrogens is 222 g/mol. The molecule has 2 saturated heterocycles. The SMILES string of the molecule is Cc1ccc(N2CCCN3CCCCC3C2)cn1. The van der Waals surface area contributed by atoms with Gasteiger partial charge in [0, 0.05) is 31.4 Å². The molecule has 0 bridgehead atoms. The summed E-state index contributed by atoms with van der Waals surface area (Å²) in [6.45, 7) is 7.00. The lowest BCUT2D eigenvalue weighted by molar-refractivity contribution is 0.162. The number of hydrogen-bond acceptors (Lipinski definition) is 3. The molecule has 98 valence electrons. The third kappa shape index (κ3) is 2.51. The minimum Gasteiger partial charge on any atom is -0.369 e. The lowest BCUT2D eigenvalue weighted by Gasteiger charge is -2.35. The molecule has 2 fully saturated rings. The average Bonchev–Trinajstić information content (AvgIpc) is 2.61. The Kier molecular flexibility index (Phi) is 3.50. The van der Waals surface area contributed by atoms with Crippen LogP contribution in [-0.2, 0) is 0 Å². The second-order valence-electron chi connectivity index (χ2n) is 5.64. The molecule has 3 rings (SSSR count). The van der Waals surface area contributed by atoms with Gasteiger partial charge in [0.2, 0.25) is 0 Å². The summed E-state index contributed by atoms with van der Waals surface area (Å²) in [4.78, 5) is 9.66. The zero-order chi connectivity index (χ0) is 12.4. The topological polar surface area (TPSA) is 19.4 Å². The lowest BCUT2D eigenvalue weighted by Crippen LogP contribution is -2.44. The smallest absolute Gasteiger partial charge is 0.0553 e. The Labute approximate surface area is 110 Å². The Morgan fingerprint density at radius 1 is 1.11 bits per heavy atom. The van der Waals surface area contributed by atoms with Crippen molar-refractivity contribution >= 4 is 5.69 Å². The van der Waals surface area contributed by atoms with E-state index in [1.165, 1.54) is 57.5 Å². The molecule has 1 atom stereocenters. The van der Waals surface area contributed by atoms with Crippen LogP contribution in [0.15, 0.2) is 18.3 Å². The first kappa shape index (κ1) is 12.0. The van der Waals surface area contributed by atoms with Crippen molar-refractivity contribution in [1.82, 2.24) is 9.88 Å². The third-order valence-electron chi connectivity index (χ3n) is 4.31. The molecule has 0 saturated carbocycles. The Bertz CT molecular complexity index is 387. The molecule has 1 unspecified atom stereocenters. The summed E-state index contributed by atoms with van der Waals surface area (Å²) in [5, 5.41) is 0. The van der Waals surface area contributed by atoms with Crippen molar-refractivity contribution in [3.05, 3.63) is 24.0 Å². The number of rotatable bonds is 1. The van der Waals surface area contributed by atoms with E-state index >= 15 is 0 Å². The Morgan fingerprint density at radius 3 is 2.83 bits per heavy atom. The van der Waals surface area contributed by atoms with Gasteiger partial charge in [-0.05, 0) is 44.9 Å². The Balaban J connectivity index is 1.74. The minimum atomic E-state index is 0.766. The number of pyridine rings is 1. The standard InChI is InChI=1S/C15H23N3/c1-13-6-7-14(11-16-13)18-10-4-9-17-8-3-2-5-15(17)12-18/h6-7,11,15H,2-5,8-10,12H2,1H3. The summed E-state index contributed by atoms with van der Waals surface area (Å²) in [6, 6.07) is 5.11. The highest BCUT2D eigenvalue weighted by molar-refractivity contribution is 5.44. The Hall–Kier alpha value is -1.09. The molecule has 18 heavy (non-hydrogen) atoms. The van der Waals surface area contributed by atoms with E-state index in [0.29, 0.717) is 0 Å². The van der Waals surface area contributed by atoms with Gasteiger partial charge in [0.25, 0.3) is 0 Å². The van der Waals surface area contributed by atoms with Gasteiger partial charge in [0.1, 0.15) is 0 Å². The molecule has 0 radical (unpaired) electrons. The van der Waals surface area contributed by atoms with E-state index in [2.05, 4.69) is 33.8 Å². The quantitative estimate of drug-likeness (QED) is 0.757. The first-order valence-corrected chi connectivity index (χ1v) is 7.24. The number of aromatic nitrogens is 1. The van der Waals surface area contributed by atoms with Crippen molar-refractivity contribution < 1.29 is 0 Å². The molecule has 2 aliphatic heterocycles. The van der Waals surface area contributed by atoms with Crippen LogP contribution in [0.25, 0.3) is 0 Å². The Morgan fingerprint density at radius 2 is 2.00 bits per heavy atom. The fourth-order valence-electron chi connectivity index (χ4n) is 3.25. The van der Waals surface area contributed by atoms with Gasteiger partial charge in [-0.15, -0.1) is 0 Å². The van der Waals surface area contributed by atoms with Crippen LogP contribution in [0.1, 0.15) is 31.4 Å². The number of nitrogens with zero attached hydrogens (tertiary/aromatic N) is 3. The van der Waals surface area contributed by atoms with E-state index < -0.39 is 0 Å². The van der Waals surface area contributed by atoms with Gasteiger partial charge in [0.05, 0.1) is 11.9 Å². The summed E-state index contributed by atoms with van der Waals surface area (Å²) in [7, 11) is 0. The molecule has 2 aliphatic rings. The van der Waals surface area contributed by atoms with Crippen LogP contribution in [0, 0.1) is 6.92 Å². The predicted octanol–water partition coefficient (Wildman–Crippen LogP) is 2.45. The summed E-state index contributed by atoms with van der Waals surface area (Å²) in [5.74, 6) is 0. The van der Waals surface area contributed by atoms with Crippen molar-refractivity contribution in [3.63, 3.8) is 0 Å². The molecule has 0 aromatic carbocycles. The number of piperidine rings is 1. The summed E-state index contributed by atoms with van der Waals surface area (Å²) in [5.41, 5.74) is 2.40. The second kappa shape index (κ2) is 5.27. The van der Waals surface area contributed by atoms with Crippen LogP contribution in [0.2, 0.25) is 0 Å². The molecular formula is C15H23N3. The molecule has 3 heteroatoms. The largest absolute Gasteiger partial charge is 0.369 e. The molecule has 1 aromatic rings. The molecule has 0 spiro atoms. The van der Waals surface area contributed by atoms with Gasteiger partial charge in [0.15, 0.2) is 0 Å². The maximum atomic E-state index is 4.43. The normalized spacial score (nSPS) is 25.6. The number of hydrogen-bond donors (Lipinski definition) is 0. The average molecular weight is 245 g/mol. The minimum absolute atomic E-state index is 0.766. The van der Waals surface area contributed by atoms with Crippen molar-refractivity contribution in [3.8, 4) is 0 Å². The molecule has 1 aromatic heterocycles. The second-order valence-corrected chi connectivity index (χ2v) is 5.64. The number of aryl methyl sites for hydroxylation is 1. The monoisotopic (exact) mass is 245 g/mol. The lowest BCUT2D eigenvalue weighted by atomic mass is 10.0. The molecule has 3 nitrogen and oxygen atoms in total. The van der Waals surface area contributed by atoms with Crippen molar-refractivity contribution in [1.29, 1.82) is 0 Å². The molecule has 0 aliphatic carbocycles. The van der Waals surface area contributed by atoms with Gasteiger partial charge in [-0.25, -0.2) is 0 Å². The van der Waals surface area contributed by atoms with Crippen LogP contribution in [0.4, 0.5) is 5.69 Å². The first-order chi connectivity index (χ1) is 8.83. The van der Waals surface area contributed by atoms with Crippen LogP contribution in [0.5, 0.6) is 0 Å². The van der Waals surface area contributed by atoms with Crippen LogP contribution < -0.4 is 4.90 Å². The maximum absolute atomic E-state index is 4.43. The van der Waals surface area contributed by atoms with E-state index in [0.717, 1.165) is 11.7 Å². The number of fused-ring (bicyclic) bond motifs is 1. The first-order valence-electron chi connectivity index (χ1n) is 7.24. The van der Waals surface area contributed by atoms with Gasteiger partial charge >= 0.3 is 0 Å². The van der Waals surface area contributed by atoms with E-state index in [4.69, 9.17) is 0 Å². The molecule has 0 amide bonds. The van der Waals surface area contributed by atoms with Crippen LogP contribution >= 0.6 is 0 Å². The van der Waals surface area contributed by atoms with Gasteiger partial charge < -0.3 is 4.90 Å². The zero-order valence-corrected chi connectivity index (χ0v) is 11.3. The van der Waals surface area contributed by atoms with E-state index in [1.807, 2.05) is 6.20 Å². The van der Waals surface area contributed by atoms with Crippen molar-refractivity contribution in [2.45, 2.75) is 38.6 Å². The highest BCUT2D eigenvalue weighted by Gasteiger charge is 2.27. The van der Waals surface area contributed by atoms with E-state index in [1.54, 1.807) is 0 Å². The summed E-state index contributed by atoms with van der Waals surface area (Å²) < 4.78 is 0. The van der Waals surface area contributed by atoms with E-state index in [-0.39, 0.29) is 0 Å².